The first-order chi connectivity index (χ1) is 14.0. The van der Waals surface area contributed by atoms with Gasteiger partial charge in [0.05, 0.1) is 11.1 Å². The van der Waals surface area contributed by atoms with Crippen LogP contribution >= 0.6 is 0 Å². The van der Waals surface area contributed by atoms with Gasteiger partial charge in [0.1, 0.15) is 12.4 Å². The smallest absolute Gasteiger partial charge is 0.416 e. The van der Waals surface area contributed by atoms with E-state index in [0.717, 1.165) is 0 Å². The number of rotatable bonds is 3. The minimum Gasteiger partial charge on any atom is -0.492 e. The summed E-state index contributed by atoms with van der Waals surface area (Å²) >= 11 is 0. The molecule has 2 N–H and O–H groups in total. The number of alkyl halides is 6. The Hall–Kier alpha value is -2.79. The Morgan fingerprint density at radius 2 is 1.67 bits per heavy atom. The monoisotopic (exact) mass is 434 g/mol. The first-order valence-electron chi connectivity index (χ1n) is 8.68. The maximum atomic E-state index is 13.1. The summed E-state index contributed by atoms with van der Waals surface area (Å²) < 4.78 is 83.9. The first kappa shape index (κ1) is 21.9. The lowest BCUT2D eigenvalue weighted by atomic mass is 10.0. The number of hydrogen-bond acceptors (Lipinski definition) is 4. The Labute approximate surface area is 166 Å². The van der Waals surface area contributed by atoms with Gasteiger partial charge in [0.2, 0.25) is 0 Å². The van der Waals surface area contributed by atoms with Crippen molar-refractivity contribution < 1.29 is 41.1 Å². The van der Waals surface area contributed by atoms with Gasteiger partial charge in [-0.2, -0.15) is 26.3 Å². The molecule has 0 aliphatic carbocycles. The molecule has 0 bridgehead atoms. The van der Waals surface area contributed by atoms with E-state index in [4.69, 9.17) is 9.94 Å². The van der Waals surface area contributed by atoms with Crippen LogP contribution in [0.3, 0.4) is 0 Å². The average molecular weight is 434 g/mol. The minimum absolute atomic E-state index is 0.0953. The number of fused-ring (bicyclic) bond motifs is 1. The van der Waals surface area contributed by atoms with E-state index in [2.05, 4.69) is 0 Å². The van der Waals surface area contributed by atoms with Gasteiger partial charge >= 0.3 is 12.4 Å². The van der Waals surface area contributed by atoms with Gasteiger partial charge < -0.3 is 4.74 Å². The van der Waals surface area contributed by atoms with E-state index in [1.807, 2.05) is 0 Å². The van der Waals surface area contributed by atoms with Crippen LogP contribution in [0.25, 0.3) is 0 Å². The maximum Gasteiger partial charge on any atom is 0.416 e. The van der Waals surface area contributed by atoms with Gasteiger partial charge in [-0.15, -0.1) is 0 Å². The Morgan fingerprint density at radius 3 is 2.23 bits per heavy atom. The van der Waals surface area contributed by atoms with Crippen molar-refractivity contribution in [3.05, 3.63) is 64.2 Å². The number of nitrogens with one attached hydrogen (secondary N) is 1. The quantitative estimate of drug-likeness (QED) is 0.431. The highest BCUT2D eigenvalue weighted by atomic mass is 19.4. The van der Waals surface area contributed by atoms with Crippen molar-refractivity contribution >= 4 is 5.91 Å². The third kappa shape index (κ3) is 5.03. The summed E-state index contributed by atoms with van der Waals surface area (Å²) in [6.07, 6.45) is -9.82. The normalized spacial score (nSPS) is 15.2. The van der Waals surface area contributed by atoms with Crippen molar-refractivity contribution in [2.45, 2.75) is 25.4 Å². The average Bonchev–Trinajstić information content (AvgIpc) is 2.86. The molecular weight excluding hydrogens is 418 g/mol. The van der Waals surface area contributed by atoms with E-state index in [9.17, 15) is 31.1 Å². The summed E-state index contributed by atoms with van der Waals surface area (Å²) in [4.78, 5) is 13.2. The minimum atomic E-state index is -4.91. The number of carbonyl (C=O) groups excluding carboxylic acids is 1. The SMILES string of the molecule is O=C(NO)c1ccc2c(c1)OCCN(Cc1cc(C(F)(F)F)cc(C(F)(F)F)c1)C2. The fourth-order valence-corrected chi connectivity index (χ4v) is 3.13. The van der Waals surface area contributed by atoms with E-state index in [1.165, 1.54) is 17.6 Å². The lowest BCUT2D eigenvalue weighted by Gasteiger charge is -2.21. The zero-order valence-electron chi connectivity index (χ0n) is 15.3. The second kappa shape index (κ2) is 8.15. The summed E-state index contributed by atoms with van der Waals surface area (Å²) in [7, 11) is 0. The van der Waals surface area contributed by atoms with Crippen LogP contribution in [0.1, 0.15) is 32.6 Å². The molecule has 0 radical (unpaired) electrons. The van der Waals surface area contributed by atoms with Crippen molar-refractivity contribution in [3.63, 3.8) is 0 Å². The van der Waals surface area contributed by atoms with E-state index in [1.54, 1.807) is 11.0 Å². The zero-order chi connectivity index (χ0) is 22.1. The standard InChI is InChI=1S/C19H16F6N2O3/c20-18(21,22)14-5-11(6-15(8-14)19(23,24)25)9-27-3-4-30-16-7-12(17(28)26-29)1-2-13(16)10-27/h1-2,5-8,29H,3-4,9-10H2,(H,26,28). The Bertz CT molecular complexity index is 911. The van der Waals surface area contributed by atoms with Gasteiger partial charge in [0.15, 0.2) is 0 Å². The molecule has 0 unspecified atom stereocenters. The number of ether oxygens (including phenoxy) is 1. The molecule has 0 saturated carbocycles. The van der Waals surface area contributed by atoms with Crippen LogP contribution < -0.4 is 10.2 Å². The molecule has 0 aromatic heterocycles. The van der Waals surface area contributed by atoms with Crippen LogP contribution in [0.5, 0.6) is 5.75 Å². The van der Waals surface area contributed by atoms with E-state index in [0.29, 0.717) is 23.4 Å². The van der Waals surface area contributed by atoms with Gasteiger partial charge in [-0.05, 0) is 35.9 Å². The maximum absolute atomic E-state index is 13.1. The Kier molecular flexibility index (Phi) is 5.95. The predicted molar refractivity (Wildman–Crippen MR) is 91.7 cm³/mol. The van der Waals surface area contributed by atoms with Crippen molar-refractivity contribution in [1.29, 1.82) is 0 Å². The van der Waals surface area contributed by atoms with Gasteiger partial charge in [-0.25, -0.2) is 5.48 Å². The van der Waals surface area contributed by atoms with Crippen LogP contribution in [-0.2, 0) is 25.4 Å². The molecule has 0 fully saturated rings. The fraction of sp³-hybridized carbons (Fsp3) is 0.316. The molecule has 0 saturated heterocycles. The molecule has 162 valence electrons. The highest BCUT2D eigenvalue weighted by molar-refractivity contribution is 5.93. The van der Waals surface area contributed by atoms with Crippen LogP contribution in [0.15, 0.2) is 36.4 Å². The number of amides is 1. The molecule has 2 aromatic rings. The van der Waals surface area contributed by atoms with Gasteiger partial charge in [-0.1, -0.05) is 6.07 Å². The molecule has 1 heterocycles. The fourth-order valence-electron chi connectivity index (χ4n) is 3.13. The number of hydrogen-bond donors (Lipinski definition) is 2. The van der Waals surface area contributed by atoms with Gasteiger partial charge in [0.25, 0.3) is 5.91 Å². The molecule has 1 aliphatic heterocycles. The molecule has 3 rings (SSSR count). The highest BCUT2D eigenvalue weighted by Crippen LogP contribution is 2.37. The van der Waals surface area contributed by atoms with Gasteiger partial charge in [-0.3, -0.25) is 14.9 Å². The Morgan fingerprint density at radius 1 is 1.03 bits per heavy atom. The van der Waals surface area contributed by atoms with Crippen LogP contribution in [0, 0.1) is 0 Å². The number of hydroxylamine groups is 1. The number of carbonyl (C=O) groups is 1. The van der Waals surface area contributed by atoms with Crippen LogP contribution in [-0.4, -0.2) is 29.2 Å². The Balaban J connectivity index is 1.87. The van der Waals surface area contributed by atoms with Crippen molar-refractivity contribution in [2.75, 3.05) is 13.2 Å². The lowest BCUT2D eigenvalue weighted by Crippen LogP contribution is -2.25. The third-order valence-corrected chi connectivity index (χ3v) is 4.54. The lowest BCUT2D eigenvalue weighted by molar-refractivity contribution is -0.143. The summed E-state index contributed by atoms with van der Waals surface area (Å²) in [5, 5.41) is 8.70. The van der Waals surface area contributed by atoms with E-state index >= 15 is 0 Å². The third-order valence-electron chi connectivity index (χ3n) is 4.54. The molecule has 30 heavy (non-hydrogen) atoms. The first-order valence-corrected chi connectivity index (χ1v) is 8.68. The van der Waals surface area contributed by atoms with Crippen molar-refractivity contribution in [1.82, 2.24) is 10.4 Å². The highest BCUT2D eigenvalue weighted by Gasteiger charge is 2.37. The van der Waals surface area contributed by atoms with Gasteiger partial charge in [0, 0.05) is 30.8 Å². The topological polar surface area (TPSA) is 61.8 Å². The van der Waals surface area contributed by atoms with Crippen molar-refractivity contribution in [2.24, 2.45) is 0 Å². The molecule has 1 aliphatic rings. The number of nitrogens with zero attached hydrogens (tertiary/aromatic N) is 1. The molecule has 5 nitrogen and oxygen atoms in total. The summed E-state index contributed by atoms with van der Waals surface area (Å²) in [6.45, 7) is 0.388. The van der Waals surface area contributed by atoms with Crippen molar-refractivity contribution in [3.8, 4) is 5.75 Å². The number of halogens is 6. The molecule has 0 spiro atoms. The second-order valence-electron chi connectivity index (χ2n) is 6.74. The molecule has 1 amide bonds. The molecular formula is C19H16F6N2O3. The van der Waals surface area contributed by atoms with E-state index < -0.39 is 29.4 Å². The zero-order valence-corrected chi connectivity index (χ0v) is 15.3. The summed E-state index contributed by atoms with van der Waals surface area (Å²) in [5.74, 6) is -0.398. The summed E-state index contributed by atoms with van der Waals surface area (Å²) in [6, 6.07) is 5.87. The number of benzene rings is 2. The largest absolute Gasteiger partial charge is 0.492 e. The van der Waals surface area contributed by atoms with Crippen LogP contribution in [0.4, 0.5) is 26.3 Å². The predicted octanol–water partition coefficient (Wildman–Crippen LogP) is 4.24. The second-order valence-corrected chi connectivity index (χ2v) is 6.74. The molecule has 0 atom stereocenters. The van der Waals surface area contributed by atoms with E-state index in [-0.39, 0.29) is 43.4 Å². The molecule has 2 aromatic carbocycles. The van der Waals surface area contributed by atoms with Crippen LogP contribution in [0.2, 0.25) is 0 Å². The summed E-state index contributed by atoms with van der Waals surface area (Å²) in [5.41, 5.74) is -0.623. The molecule has 11 heteroatoms.